The predicted molar refractivity (Wildman–Crippen MR) is 116 cm³/mol. The van der Waals surface area contributed by atoms with Crippen molar-refractivity contribution in [2.24, 2.45) is 0 Å². The molecule has 0 aliphatic rings. The fraction of sp³-hybridized carbons (Fsp3) is 0.409. The van der Waals surface area contributed by atoms with Crippen molar-refractivity contribution >= 4 is 39.1 Å². The van der Waals surface area contributed by atoms with Gasteiger partial charge >= 0.3 is 0 Å². The number of pyridine rings is 1. The number of hydrogen-bond acceptors (Lipinski definition) is 4. The van der Waals surface area contributed by atoms with Crippen LogP contribution < -0.4 is 10.1 Å². The number of aromatic nitrogens is 1. The molecule has 0 saturated carbocycles. The Morgan fingerprint density at radius 2 is 1.85 bits per heavy atom. The molecule has 1 aromatic heterocycles. The zero-order valence-electron chi connectivity index (χ0n) is 16.6. The Morgan fingerprint density at radius 1 is 1.07 bits per heavy atom. The molecular formula is C22H28ClN3O. The van der Waals surface area contributed by atoms with Crippen molar-refractivity contribution in [1.82, 2.24) is 9.88 Å². The van der Waals surface area contributed by atoms with Crippen LogP contribution in [0.2, 0.25) is 5.02 Å². The molecule has 4 nitrogen and oxygen atoms in total. The van der Waals surface area contributed by atoms with Crippen LogP contribution in [0.3, 0.4) is 0 Å². The average Bonchev–Trinajstić information content (AvgIpc) is 2.67. The van der Waals surface area contributed by atoms with E-state index >= 15 is 0 Å². The van der Waals surface area contributed by atoms with Crippen molar-refractivity contribution < 1.29 is 4.74 Å². The van der Waals surface area contributed by atoms with E-state index in [0.29, 0.717) is 11.1 Å². The van der Waals surface area contributed by atoms with E-state index in [0.717, 1.165) is 59.3 Å². The third-order valence-corrected chi connectivity index (χ3v) is 5.48. The zero-order valence-corrected chi connectivity index (χ0v) is 17.3. The van der Waals surface area contributed by atoms with E-state index in [1.807, 2.05) is 36.4 Å². The van der Waals surface area contributed by atoms with Crippen LogP contribution in [0.25, 0.3) is 21.8 Å². The number of nitrogens with one attached hydrogen (secondary N) is 1. The van der Waals surface area contributed by atoms with Crippen LogP contribution in [-0.4, -0.2) is 42.7 Å². The molecule has 0 spiro atoms. The minimum Gasteiger partial charge on any atom is -0.497 e. The second kappa shape index (κ2) is 8.77. The first-order valence-electron chi connectivity index (χ1n) is 9.62. The number of fused-ring (bicyclic) bond motifs is 2. The number of benzene rings is 2. The highest BCUT2D eigenvalue weighted by Gasteiger charge is 2.13. The van der Waals surface area contributed by atoms with Crippen LogP contribution in [0.15, 0.2) is 36.4 Å². The highest BCUT2D eigenvalue weighted by Crippen LogP contribution is 2.34. The van der Waals surface area contributed by atoms with Crippen LogP contribution in [0.1, 0.15) is 27.2 Å². The second-order valence-electron chi connectivity index (χ2n) is 6.82. The summed E-state index contributed by atoms with van der Waals surface area (Å²) >= 11 is 6.20. The molecule has 1 atom stereocenters. The Morgan fingerprint density at radius 3 is 2.56 bits per heavy atom. The molecule has 0 saturated heterocycles. The largest absolute Gasteiger partial charge is 0.497 e. The van der Waals surface area contributed by atoms with Gasteiger partial charge in [0.05, 0.1) is 23.8 Å². The first-order chi connectivity index (χ1) is 13.1. The van der Waals surface area contributed by atoms with Crippen molar-refractivity contribution in [2.45, 2.75) is 33.2 Å². The Kier molecular flexibility index (Phi) is 6.40. The number of rotatable bonds is 8. The normalized spacial score (nSPS) is 12.7. The monoisotopic (exact) mass is 385 g/mol. The van der Waals surface area contributed by atoms with E-state index in [1.54, 1.807) is 7.11 Å². The number of halogens is 1. The van der Waals surface area contributed by atoms with Gasteiger partial charge in [-0.3, -0.25) is 0 Å². The number of methoxy groups -OCH3 is 1. The van der Waals surface area contributed by atoms with Gasteiger partial charge in [-0.25, -0.2) is 4.98 Å². The van der Waals surface area contributed by atoms with Gasteiger partial charge in [0, 0.05) is 28.4 Å². The lowest BCUT2D eigenvalue weighted by atomic mass is 10.1. The number of nitrogens with zero attached hydrogens (tertiary/aromatic N) is 2. The lowest BCUT2D eigenvalue weighted by Gasteiger charge is -2.26. The van der Waals surface area contributed by atoms with E-state index in [2.05, 4.69) is 31.0 Å². The maximum atomic E-state index is 6.20. The molecule has 3 rings (SSSR count). The molecule has 5 heteroatoms. The summed E-state index contributed by atoms with van der Waals surface area (Å²) in [5.41, 5.74) is 2.93. The van der Waals surface area contributed by atoms with Crippen LogP contribution in [0.4, 0.5) is 5.69 Å². The van der Waals surface area contributed by atoms with Crippen LogP contribution in [0.5, 0.6) is 5.75 Å². The van der Waals surface area contributed by atoms with E-state index in [-0.39, 0.29) is 0 Å². The van der Waals surface area contributed by atoms with Gasteiger partial charge in [0.25, 0.3) is 0 Å². The van der Waals surface area contributed by atoms with Gasteiger partial charge in [-0.05, 0) is 62.8 Å². The van der Waals surface area contributed by atoms with Crippen molar-refractivity contribution in [3.05, 3.63) is 41.4 Å². The van der Waals surface area contributed by atoms with Gasteiger partial charge in [-0.15, -0.1) is 0 Å². The summed E-state index contributed by atoms with van der Waals surface area (Å²) in [6.45, 7) is 9.77. The first kappa shape index (κ1) is 19.7. The van der Waals surface area contributed by atoms with Gasteiger partial charge in [-0.1, -0.05) is 25.4 Å². The second-order valence-corrected chi connectivity index (χ2v) is 7.25. The van der Waals surface area contributed by atoms with Gasteiger partial charge in [0.15, 0.2) is 0 Å². The molecular weight excluding hydrogens is 358 g/mol. The summed E-state index contributed by atoms with van der Waals surface area (Å²) in [7, 11) is 1.69. The summed E-state index contributed by atoms with van der Waals surface area (Å²) in [5.74, 6) is 0.831. The van der Waals surface area contributed by atoms with Crippen LogP contribution >= 0.6 is 11.6 Å². The molecule has 2 aromatic carbocycles. The zero-order chi connectivity index (χ0) is 19.4. The van der Waals surface area contributed by atoms with Crippen molar-refractivity contribution in [2.75, 3.05) is 32.1 Å². The van der Waals surface area contributed by atoms with Gasteiger partial charge in [0.2, 0.25) is 0 Å². The molecule has 144 valence electrons. The highest BCUT2D eigenvalue weighted by molar-refractivity contribution is 6.31. The molecule has 0 amide bonds. The van der Waals surface area contributed by atoms with Crippen molar-refractivity contribution in [1.29, 1.82) is 0 Å². The lowest BCUT2D eigenvalue weighted by molar-refractivity contribution is 0.224. The Balaban J connectivity index is 1.97. The SMILES string of the molecule is CCN(CC)C(C)CCNc1c2ccc(Cl)cc2nc2ccc(OC)cc12. The van der Waals surface area contributed by atoms with Gasteiger partial charge in [-0.2, -0.15) is 0 Å². The maximum absolute atomic E-state index is 6.20. The third kappa shape index (κ3) is 4.28. The number of ether oxygens (including phenoxy) is 1. The summed E-state index contributed by atoms with van der Waals surface area (Å²) < 4.78 is 5.43. The molecule has 0 bridgehead atoms. The van der Waals surface area contributed by atoms with Crippen molar-refractivity contribution in [3.63, 3.8) is 0 Å². The standard InChI is InChI=1S/C22H28ClN3O/c1-5-26(6-2)15(3)11-12-24-22-18-9-7-16(23)13-21(18)25-20-10-8-17(27-4)14-19(20)22/h7-10,13-15H,5-6,11-12H2,1-4H3,(H,24,25). The average molecular weight is 386 g/mol. The van der Waals surface area contributed by atoms with E-state index in [9.17, 15) is 0 Å². The summed E-state index contributed by atoms with van der Waals surface area (Å²) in [5, 5.41) is 6.52. The molecule has 1 unspecified atom stereocenters. The quantitative estimate of drug-likeness (QED) is 0.513. The van der Waals surface area contributed by atoms with E-state index < -0.39 is 0 Å². The van der Waals surface area contributed by atoms with E-state index in [4.69, 9.17) is 21.3 Å². The summed E-state index contributed by atoms with van der Waals surface area (Å²) in [6.07, 6.45) is 1.07. The topological polar surface area (TPSA) is 37.4 Å². The van der Waals surface area contributed by atoms with Gasteiger partial charge < -0.3 is 15.0 Å². The van der Waals surface area contributed by atoms with Gasteiger partial charge in [0.1, 0.15) is 5.75 Å². The molecule has 0 aliphatic carbocycles. The molecule has 0 radical (unpaired) electrons. The molecule has 1 heterocycles. The number of hydrogen-bond donors (Lipinski definition) is 1. The van der Waals surface area contributed by atoms with Crippen LogP contribution in [0, 0.1) is 0 Å². The summed E-state index contributed by atoms with van der Waals surface area (Å²) in [4.78, 5) is 7.26. The molecule has 0 aliphatic heterocycles. The fourth-order valence-corrected chi connectivity index (χ4v) is 3.82. The van der Waals surface area contributed by atoms with Crippen molar-refractivity contribution in [3.8, 4) is 5.75 Å². The van der Waals surface area contributed by atoms with E-state index in [1.165, 1.54) is 0 Å². The Labute approximate surface area is 166 Å². The Bertz CT molecular complexity index is 924. The van der Waals surface area contributed by atoms with Crippen LogP contribution in [-0.2, 0) is 0 Å². The smallest absolute Gasteiger partial charge is 0.119 e. The third-order valence-electron chi connectivity index (χ3n) is 5.24. The molecule has 3 aromatic rings. The number of anilines is 1. The lowest BCUT2D eigenvalue weighted by Crippen LogP contribution is -2.34. The minimum atomic E-state index is 0.538. The molecule has 0 fully saturated rings. The highest BCUT2D eigenvalue weighted by atomic mass is 35.5. The minimum absolute atomic E-state index is 0.538. The summed E-state index contributed by atoms with van der Waals surface area (Å²) in [6, 6.07) is 12.4. The molecule has 27 heavy (non-hydrogen) atoms. The predicted octanol–water partition coefficient (Wildman–Crippen LogP) is 5.58. The Hall–Kier alpha value is -2.04. The first-order valence-corrected chi connectivity index (χ1v) is 10.00. The maximum Gasteiger partial charge on any atom is 0.119 e. The fourth-order valence-electron chi connectivity index (χ4n) is 3.65. The molecule has 1 N–H and O–H groups in total.